The Kier molecular flexibility index (Phi) is 3.14. The molecule has 0 radical (unpaired) electrons. The molecule has 0 aliphatic rings. The highest BCUT2D eigenvalue weighted by Crippen LogP contribution is 2.13. The highest BCUT2D eigenvalue weighted by molar-refractivity contribution is 7.98. The molecule has 0 spiro atoms. The molecule has 0 aliphatic heterocycles. The Morgan fingerprint density at radius 1 is 1.42 bits per heavy atom. The molecule has 64 valence electrons. The molecule has 0 unspecified atom stereocenters. The zero-order valence-electron chi connectivity index (χ0n) is 6.49. The van der Waals surface area contributed by atoms with Crippen LogP contribution in [0.5, 0.6) is 0 Å². The van der Waals surface area contributed by atoms with E-state index < -0.39 is 12.9 Å². The molecule has 5 heteroatoms. The topological polar surface area (TPSA) is 40.5 Å². The molecule has 0 atom stereocenters. The summed E-state index contributed by atoms with van der Waals surface area (Å²) in [5, 5.41) is 17.6. The summed E-state index contributed by atoms with van der Waals surface area (Å²) in [7, 11) is -1.74. The lowest BCUT2D eigenvalue weighted by atomic mass is 9.80. The number of rotatable bonds is 2. The van der Waals surface area contributed by atoms with Gasteiger partial charge in [-0.15, -0.1) is 11.8 Å². The lowest BCUT2D eigenvalue weighted by Crippen LogP contribution is -2.34. The third-order valence-electron chi connectivity index (χ3n) is 1.49. The van der Waals surface area contributed by atoms with E-state index in [1.165, 1.54) is 23.9 Å². The minimum atomic E-state index is -1.74. The van der Waals surface area contributed by atoms with Gasteiger partial charge in [-0.05, 0) is 18.4 Å². The molecular weight excluding hydrogens is 178 g/mol. The second-order valence-electron chi connectivity index (χ2n) is 2.23. The molecule has 12 heavy (non-hydrogen) atoms. The third-order valence-corrected chi connectivity index (χ3v) is 2.29. The maximum absolute atomic E-state index is 13.0. The summed E-state index contributed by atoms with van der Waals surface area (Å²) in [6.07, 6.45) is 1.75. The Hall–Kier alpha value is -0.515. The fraction of sp³-hybridized carbons (Fsp3) is 0.143. The van der Waals surface area contributed by atoms with Gasteiger partial charge in [-0.3, -0.25) is 0 Å². The quantitative estimate of drug-likeness (QED) is 0.513. The highest BCUT2D eigenvalue weighted by Gasteiger charge is 2.19. The van der Waals surface area contributed by atoms with Crippen molar-refractivity contribution < 1.29 is 14.4 Å². The average Bonchev–Trinajstić information content (AvgIpc) is 2.03. The van der Waals surface area contributed by atoms with Crippen LogP contribution in [0.2, 0.25) is 0 Å². The first-order valence-corrected chi connectivity index (χ1v) is 4.58. The van der Waals surface area contributed by atoms with Crippen molar-refractivity contribution in [2.24, 2.45) is 0 Å². The van der Waals surface area contributed by atoms with Crippen LogP contribution in [0.3, 0.4) is 0 Å². The molecule has 0 saturated heterocycles. The normalized spacial score (nSPS) is 10.0. The SMILES string of the molecule is CSc1cccc(F)c1B(O)O. The van der Waals surface area contributed by atoms with Crippen LogP contribution in [0.4, 0.5) is 4.39 Å². The van der Waals surface area contributed by atoms with Gasteiger partial charge in [0.2, 0.25) is 0 Å². The first-order chi connectivity index (χ1) is 5.66. The monoisotopic (exact) mass is 186 g/mol. The number of thioether (sulfide) groups is 1. The van der Waals surface area contributed by atoms with Crippen molar-refractivity contribution in [1.29, 1.82) is 0 Å². The summed E-state index contributed by atoms with van der Waals surface area (Å²) >= 11 is 1.28. The predicted octanol–water partition coefficient (Wildman–Crippen LogP) is 0.227. The minimum absolute atomic E-state index is 0.0509. The molecule has 0 amide bonds. The van der Waals surface area contributed by atoms with E-state index in [2.05, 4.69) is 0 Å². The minimum Gasteiger partial charge on any atom is -0.423 e. The fourth-order valence-electron chi connectivity index (χ4n) is 0.946. The van der Waals surface area contributed by atoms with Crippen molar-refractivity contribution in [3.8, 4) is 0 Å². The maximum Gasteiger partial charge on any atom is 0.492 e. The number of hydrogen-bond donors (Lipinski definition) is 2. The molecule has 0 aliphatic carbocycles. The van der Waals surface area contributed by atoms with Crippen LogP contribution in [0.25, 0.3) is 0 Å². The molecule has 2 N–H and O–H groups in total. The number of halogens is 1. The van der Waals surface area contributed by atoms with Gasteiger partial charge in [0.1, 0.15) is 5.82 Å². The molecule has 0 fully saturated rings. The van der Waals surface area contributed by atoms with Crippen molar-refractivity contribution >= 4 is 24.3 Å². The van der Waals surface area contributed by atoms with E-state index in [0.717, 1.165) is 0 Å². The van der Waals surface area contributed by atoms with Gasteiger partial charge in [0.05, 0.1) is 0 Å². The summed E-state index contributed by atoms with van der Waals surface area (Å²) in [5.74, 6) is -0.586. The molecule has 1 aromatic carbocycles. The van der Waals surface area contributed by atoms with Crippen molar-refractivity contribution in [1.82, 2.24) is 0 Å². The van der Waals surface area contributed by atoms with Gasteiger partial charge in [-0.2, -0.15) is 0 Å². The van der Waals surface area contributed by atoms with Gasteiger partial charge < -0.3 is 10.0 Å². The van der Waals surface area contributed by atoms with Crippen LogP contribution >= 0.6 is 11.8 Å². The van der Waals surface area contributed by atoms with Crippen molar-refractivity contribution in [2.45, 2.75) is 4.90 Å². The van der Waals surface area contributed by atoms with Crippen LogP contribution in [0.1, 0.15) is 0 Å². The van der Waals surface area contributed by atoms with Gasteiger partial charge in [0, 0.05) is 10.4 Å². The zero-order valence-corrected chi connectivity index (χ0v) is 7.31. The molecular formula is C7H8BFO2S. The molecule has 1 rings (SSSR count). The largest absolute Gasteiger partial charge is 0.492 e. The Balaban J connectivity index is 3.20. The van der Waals surface area contributed by atoms with Crippen LogP contribution in [-0.2, 0) is 0 Å². The van der Waals surface area contributed by atoms with Crippen molar-refractivity contribution in [3.63, 3.8) is 0 Å². The summed E-state index contributed by atoms with van der Waals surface area (Å²) in [6.45, 7) is 0. The highest BCUT2D eigenvalue weighted by atomic mass is 32.2. The van der Waals surface area contributed by atoms with Gasteiger partial charge in [0.15, 0.2) is 0 Å². The van der Waals surface area contributed by atoms with E-state index in [-0.39, 0.29) is 5.46 Å². The second kappa shape index (κ2) is 3.93. The van der Waals surface area contributed by atoms with Crippen LogP contribution in [0, 0.1) is 5.82 Å². The Morgan fingerprint density at radius 2 is 2.08 bits per heavy atom. The summed E-state index contributed by atoms with van der Waals surface area (Å²) in [6, 6.07) is 4.38. The first-order valence-electron chi connectivity index (χ1n) is 3.35. The van der Waals surface area contributed by atoms with Gasteiger partial charge in [0.25, 0.3) is 0 Å². The van der Waals surface area contributed by atoms with E-state index in [0.29, 0.717) is 4.90 Å². The lowest BCUT2D eigenvalue weighted by molar-refractivity contribution is 0.422. The Labute approximate surface area is 74.6 Å². The Morgan fingerprint density at radius 3 is 2.50 bits per heavy atom. The van der Waals surface area contributed by atoms with E-state index in [1.807, 2.05) is 0 Å². The summed E-state index contributed by atoms with van der Waals surface area (Å²) < 4.78 is 13.0. The molecule has 0 aromatic heterocycles. The summed E-state index contributed by atoms with van der Waals surface area (Å²) in [4.78, 5) is 0.546. The summed E-state index contributed by atoms with van der Waals surface area (Å²) in [5.41, 5.74) is -0.0509. The molecule has 2 nitrogen and oxygen atoms in total. The van der Waals surface area contributed by atoms with Gasteiger partial charge in [-0.1, -0.05) is 6.07 Å². The molecule has 0 saturated carbocycles. The fourth-order valence-corrected chi connectivity index (χ4v) is 1.58. The number of benzene rings is 1. The smallest absolute Gasteiger partial charge is 0.423 e. The standard InChI is InChI=1S/C7H8BFO2S/c1-12-6-4-2-3-5(9)7(6)8(10)11/h2-4,10-11H,1H3. The van der Waals surface area contributed by atoms with E-state index in [9.17, 15) is 4.39 Å². The third kappa shape index (κ3) is 1.80. The van der Waals surface area contributed by atoms with Crippen LogP contribution < -0.4 is 5.46 Å². The van der Waals surface area contributed by atoms with Gasteiger partial charge in [-0.25, -0.2) is 4.39 Å². The van der Waals surface area contributed by atoms with Crippen LogP contribution in [-0.4, -0.2) is 23.4 Å². The van der Waals surface area contributed by atoms with E-state index in [1.54, 1.807) is 12.3 Å². The predicted molar refractivity (Wildman–Crippen MR) is 48.0 cm³/mol. The second-order valence-corrected chi connectivity index (χ2v) is 3.08. The van der Waals surface area contributed by atoms with Crippen LogP contribution in [0.15, 0.2) is 23.1 Å². The van der Waals surface area contributed by atoms with Gasteiger partial charge >= 0.3 is 7.12 Å². The lowest BCUT2D eigenvalue weighted by Gasteiger charge is -2.06. The molecule has 1 aromatic rings. The first kappa shape index (κ1) is 9.57. The van der Waals surface area contributed by atoms with Crippen molar-refractivity contribution in [3.05, 3.63) is 24.0 Å². The molecule has 0 bridgehead atoms. The molecule has 0 heterocycles. The zero-order chi connectivity index (χ0) is 9.14. The van der Waals surface area contributed by atoms with E-state index in [4.69, 9.17) is 10.0 Å². The van der Waals surface area contributed by atoms with E-state index >= 15 is 0 Å². The maximum atomic E-state index is 13.0. The van der Waals surface area contributed by atoms with Crippen molar-refractivity contribution in [2.75, 3.05) is 6.26 Å². The number of hydrogen-bond acceptors (Lipinski definition) is 3. The Bertz CT molecular complexity index is 280. The average molecular weight is 186 g/mol.